The fraction of sp³-hybridized carbons (Fsp3) is 1.00. The summed E-state index contributed by atoms with van der Waals surface area (Å²) in [7, 11) is 1.85. The first-order valence-electron chi connectivity index (χ1n) is 7.81. The Balaban J connectivity index is 1.85. The van der Waals surface area contributed by atoms with E-state index in [4.69, 9.17) is 4.74 Å². The fourth-order valence-corrected chi connectivity index (χ4v) is 3.52. The van der Waals surface area contributed by atoms with Crippen molar-refractivity contribution >= 4 is 0 Å². The van der Waals surface area contributed by atoms with Crippen LogP contribution in [0.2, 0.25) is 0 Å². The summed E-state index contributed by atoms with van der Waals surface area (Å²) in [5.41, 5.74) is 0.389. The quantitative estimate of drug-likeness (QED) is 0.807. The molecule has 0 amide bonds. The van der Waals surface area contributed by atoms with Gasteiger partial charge in [0.05, 0.1) is 6.61 Å². The van der Waals surface area contributed by atoms with Gasteiger partial charge in [-0.2, -0.15) is 0 Å². The Morgan fingerprint density at radius 1 is 1.11 bits per heavy atom. The molecule has 4 heteroatoms. The molecule has 2 saturated heterocycles. The van der Waals surface area contributed by atoms with Crippen LogP contribution in [0.1, 0.15) is 26.7 Å². The molecule has 2 aliphatic heterocycles. The summed E-state index contributed by atoms with van der Waals surface area (Å²) in [6.07, 6.45) is 2.51. The Labute approximate surface area is 118 Å². The first-order chi connectivity index (χ1) is 9.15. The van der Waals surface area contributed by atoms with Crippen LogP contribution in [0.25, 0.3) is 0 Å². The van der Waals surface area contributed by atoms with Crippen molar-refractivity contribution in [3.05, 3.63) is 0 Å². The van der Waals surface area contributed by atoms with Crippen molar-refractivity contribution in [2.45, 2.75) is 32.7 Å². The molecule has 0 unspecified atom stereocenters. The molecular formula is C15H31N3O. The van der Waals surface area contributed by atoms with Crippen molar-refractivity contribution in [3.8, 4) is 0 Å². The van der Waals surface area contributed by atoms with Crippen LogP contribution in [0.3, 0.4) is 0 Å². The number of piperazine rings is 1. The van der Waals surface area contributed by atoms with Gasteiger partial charge in [0.1, 0.15) is 0 Å². The zero-order chi connectivity index (χ0) is 13.7. The molecule has 0 spiro atoms. The summed E-state index contributed by atoms with van der Waals surface area (Å²) in [6.45, 7) is 13.9. The fourth-order valence-electron chi connectivity index (χ4n) is 3.52. The van der Waals surface area contributed by atoms with Gasteiger partial charge in [-0.25, -0.2) is 0 Å². The summed E-state index contributed by atoms with van der Waals surface area (Å²) in [5.74, 6) is 0. The third kappa shape index (κ3) is 4.15. The van der Waals surface area contributed by atoms with Crippen LogP contribution in [0.15, 0.2) is 0 Å². The molecular weight excluding hydrogens is 238 g/mol. The minimum absolute atomic E-state index is 0.389. The molecule has 2 fully saturated rings. The van der Waals surface area contributed by atoms with Gasteiger partial charge in [0, 0.05) is 51.3 Å². The molecule has 0 atom stereocenters. The summed E-state index contributed by atoms with van der Waals surface area (Å²) in [5, 5.41) is 3.47. The maximum atomic E-state index is 5.52. The number of ether oxygens (including phenoxy) is 1. The van der Waals surface area contributed by atoms with Crippen molar-refractivity contribution < 1.29 is 4.74 Å². The van der Waals surface area contributed by atoms with E-state index in [1.807, 2.05) is 7.11 Å². The molecule has 1 N–H and O–H groups in total. The number of hydrogen-bond acceptors (Lipinski definition) is 4. The predicted octanol–water partition coefficient (Wildman–Crippen LogP) is 1.03. The zero-order valence-corrected chi connectivity index (χ0v) is 13.0. The van der Waals surface area contributed by atoms with Crippen LogP contribution in [0.4, 0.5) is 0 Å². The lowest BCUT2D eigenvalue weighted by atomic mass is 9.79. The Bertz CT molecular complexity index is 251. The molecule has 0 aromatic rings. The zero-order valence-electron chi connectivity index (χ0n) is 13.0. The number of hydrogen-bond donors (Lipinski definition) is 1. The molecule has 0 bridgehead atoms. The van der Waals surface area contributed by atoms with E-state index in [0.717, 1.165) is 19.7 Å². The van der Waals surface area contributed by atoms with Crippen molar-refractivity contribution in [2.75, 3.05) is 59.5 Å². The van der Waals surface area contributed by atoms with E-state index in [9.17, 15) is 0 Å². The van der Waals surface area contributed by atoms with E-state index in [2.05, 4.69) is 29.0 Å². The second kappa shape index (κ2) is 7.02. The molecule has 0 aromatic heterocycles. The van der Waals surface area contributed by atoms with Gasteiger partial charge in [0.2, 0.25) is 0 Å². The number of nitrogens with one attached hydrogen (secondary N) is 1. The summed E-state index contributed by atoms with van der Waals surface area (Å²) < 4.78 is 5.52. The van der Waals surface area contributed by atoms with Crippen molar-refractivity contribution in [1.29, 1.82) is 0 Å². The molecule has 112 valence electrons. The molecule has 19 heavy (non-hydrogen) atoms. The average molecular weight is 269 g/mol. The summed E-state index contributed by atoms with van der Waals surface area (Å²) >= 11 is 0. The molecule has 2 rings (SSSR count). The van der Waals surface area contributed by atoms with E-state index in [1.54, 1.807) is 0 Å². The van der Waals surface area contributed by atoms with Crippen LogP contribution in [0, 0.1) is 5.41 Å². The van der Waals surface area contributed by atoms with E-state index >= 15 is 0 Å². The Morgan fingerprint density at radius 3 is 2.26 bits per heavy atom. The Hall–Kier alpha value is -0.160. The standard InChI is InChI=1S/C15H31N3O/c1-14(2)18-10-8-17(9-11-18)12-15(13-19-3)4-6-16-7-5-15/h14,16H,4-13H2,1-3H3. The normalized spacial score (nSPS) is 25.9. The maximum absolute atomic E-state index is 5.52. The maximum Gasteiger partial charge on any atom is 0.0531 e. The Morgan fingerprint density at radius 2 is 1.74 bits per heavy atom. The lowest BCUT2D eigenvalue weighted by Crippen LogP contribution is -2.54. The van der Waals surface area contributed by atoms with Gasteiger partial charge >= 0.3 is 0 Å². The molecule has 0 radical (unpaired) electrons. The SMILES string of the molecule is COCC1(CN2CCN(C(C)C)CC2)CCNCC1. The van der Waals surface area contributed by atoms with Crippen molar-refractivity contribution in [1.82, 2.24) is 15.1 Å². The molecule has 4 nitrogen and oxygen atoms in total. The number of methoxy groups -OCH3 is 1. The van der Waals surface area contributed by atoms with E-state index in [-0.39, 0.29) is 0 Å². The molecule has 0 saturated carbocycles. The third-order valence-electron chi connectivity index (χ3n) is 4.81. The van der Waals surface area contributed by atoms with Gasteiger partial charge in [-0.3, -0.25) is 4.90 Å². The minimum Gasteiger partial charge on any atom is -0.384 e. The highest BCUT2D eigenvalue weighted by molar-refractivity contribution is 4.89. The van der Waals surface area contributed by atoms with Crippen LogP contribution < -0.4 is 5.32 Å². The second-order valence-corrected chi connectivity index (χ2v) is 6.59. The topological polar surface area (TPSA) is 27.7 Å². The van der Waals surface area contributed by atoms with Gasteiger partial charge in [-0.1, -0.05) is 0 Å². The highest BCUT2D eigenvalue weighted by atomic mass is 16.5. The summed E-state index contributed by atoms with van der Waals surface area (Å²) in [4.78, 5) is 5.24. The average Bonchev–Trinajstić information content (AvgIpc) is 2.40. The van der Waals surface area contributed by atoms with E-state index in [1.165, 1.54) is 45.6 Å². The van der Waals surface area contributed by atoms with Crippen LogP contribution >= 0.6 is 0 Å². The van der Waals surface area contributed by atoms with Gasteiger partial charge in [-0.05, 0) is 39.8 Å². The highest BCUT2D eigenvalue weighted by Crippen LogP contribution is 2.30. The second-order valence-electron chi connectivity index (χ2n) is 6.59. The van der Waals surface area contributed by atoms with E-state index in [0.29, 0.717) is 11.5 Å². The first-order valence-corrected chi connectivity index (χ1v) is 7.81. The Kier molecular flexibility index (Phi) is 5.63. The molecule has 0 aromatic carbocycles. The number of nitrogens with zero attached hydrogens (tertiary/aromatic N) is 2. The molecule has 2 aliphatic rings. The van der Waals surface area contributed by atoms with Crippen LogP contribution in [0.5, 0.6) is 0 Å². The highest BCUT2D eigenvalue weighted by Gasteiger charge is 2.34. The van der Waals surface area contributed by atoms with Crippen molar-refractivity contribution in [3.63, 3.8) is 0 Å². The van der Waals surface area contributed by atoms with E-state index < -0.39 is 0 Å². The monoisotopic (exact) mass is 269 g/mol. The number of piperidine rings is 1. The van der Waals surface area contributed by atoms with Crippen LogP contribution in [-0.2, 0) is 4.74 Å². The van der Waals surface area contributed by atoms with Gasteiger partial charge < -0.3 is 15.0 Å². The predicted molar refractivity (Wildman–Crippen MR) is 79.6 cm³/mol. The van der Waals surface area contributed by atoms with Gasteiger partial charge in [0.25, 0.3) is 0 Å². The third-order valence-corrected chi connectivity index (χ3v) is 4.81. The van der Waals surface area contributed by atoms with Gasteiger partial charge in [0.15, 0.2) is 0 Å². The van der Waals surface area contributed by atoms with Crippen molar-refractivity contribution in [2.24, 2.45) is 5.41 Å². The van der Waals surface area contributed by atoms with Gasteiger partial charge in [-0.15, -0.1) is 0 Å². The summed E-state index contributed by atoms with van der Waals surface area (Å²) in [6, 6.07) is 0.689. The smallest absolute Gasteiger partial charge is 0.0531 e. The largest absolute Gasteiger partial charge is 0.384 e. The molecule has 2 heterocycles. The lowest BCUT2D eigenvalue weighted by molar-refractivity contribution is 0.00522. The molecule has 0 aliphatic carbocycles. The first kappa shape index (κ1) is 15.2. The lowest BCUT2D eigenvalue weighted by Gasteiger charge is -2.44. The minimum atomic E-state index is 0.389. The number of rotatable bonds is 5. The van der Waals surface area contributed by atoms with Crippen LogP contribution in [-0.4, -0.2) is 75.4 Å².